The van der Waals surface area contributed by atoms with Crippen LogP contribution < -0.4 is 16.0 Å². The predicted octanol–water partition coefficient (Wildman–Crippen LogP) is 2.43. The molecule has 0 unspecified atom stereocenters. The van der Waals surface area contributed by atoms with E-state index in [1.807, 2.05) is 40.7 Å². The summed E-state index contributed by atoms with van der Waals surface area (Å²) < 4.78 is 13.4. The molecule has 0 aliphatic heterocycles. The lowest BCUT2D eigenvalue weighted by atomic mass is 9.85. The first kappa shape index (κ1) is 20.9. The van der Waals surface area contributed by atoms with Gasteiger partial charge in [-0.25, -0.2) is 4.39 Å². The van der Waals surface area contributed by atoms with E-state index in [0.29, 0.717) is 25.6 Å². The Labute approximate surface area is 150 Å². The highest BCUT2D eigenvalue weighted by Crippen LogP contribution is 2.24. The first-order chi connectivity index (χ1) is 11.8. The van der Waals surface area contributed by atoms with Crippen molar-refractivity contribution in [2.75, 3.05) is 26.2 Å². The van der Waals surface area contributed by atoms with E-state index in [0.717, 1.165) is 12.1 Å². The third-order valence-corrected chi connectivity index (χ3v) is 3.82. The SMILES string of the molecule is CCNC(=NCC(C)(C)c1cccc(F)c1)NCCNC(=O)C(C)C. The fourth-order valence-electron chi connectivity index (χ4n) is 2.19. The first-order valence-corrected chi connectivity index (χ1v) is 8.82. The van der Waals surface area contributed by atoms with Gasteiger partial charge in [-0.05, 0) is 24.6 Å². The van der Waals surface area contributed by atoms with Crippen molar-refractivity contribution in [3.05, 3.63) is 35.6 Å². The third kappa shape index (κ3) is 7.54. The van der Waals surface area contributed by atoms with Gasteiger partial charge in [0.15, 0.2) is 5.96 Å². The molecule has 0 saturated carbocycles. The van der Waals surface area contributed by atoms with Crippen LogP contribution in [0.2, 0.25) is 0 Å². The Kier molecular flexibility index (Phi) is 8.38. The summed E-state index contributed by atoms with van der Waals surface area (Å²) in [7, 11) is 0. The molecule has 5 nitrogen and oxygen atoms in total. The van der Waals surface area contributed by atoms with E-state index in [1.165, 1.54) is 6.07 Å². The molecule has 0 aliphatic rings. The van der Waals surface area contributed by atoms with Crippen molar-refractivity contribution in [1.82, 2.24) is 16.0 Å². The van der Waals surface area contributed by atoms with Crippen LogP contribution in [0.25, 0.3) is 0 Å². The summed E-state index contributed by atoms with van der Waals surface area (Å²) in [5.74, 6) is 0.469. The number of halogens is 1. The predicted molar refractivity (Wildman–Crippen MR) is 101 cm³/mol. The summed E-state index contributed by atoms with van der Waals surface area (Å²) in [6.45, 7) is 12.2. The van der Waals surface area contributed by atoms with E-state index in [-0.39, 0.29) is 23.1 Å². The molecule has 1 aromatic carbocycles. The van der Waals surface area contributed by atoms with Crippen LogP contribution in [0.3, 0.4) is 0 Å². The van der Waals surface area contributed by atoms with Crippen LogP contribution in [0.15, 0.2) is 29.3 Å². The molecule has 0 atom stereocenters. The van der Waals surface area contributed by atoms with Gasteiger partial charge >= 0.3 is 0 Å². The summed E-state index contributed by atoms with van der Waals surface area (Å²) in [6.07, 6.45) is 0. The van der Waals surface area contributed by atoms with Crippen molar-refractivity contribution in [1.29, 1.82) is 0 Å². The lowest BCUT2D eigenvalue weighted by Crippen LogP contribution is -2.42. The van der Waals surface area contributed by atoms with Crippen molar-refractivity contribution >= 4 is 11.9 Å². The zero-order chi connectivity index (χ0) is 18.9. The first-order valence-electron chi connectivity index (χ1n) is 8.82. The Morgan fingerprint density at radius 3 is 2.48 bits per heavy atom. The highest BCUT2D eigenvalue weighted by Gasteiger charge is 2.21. The molecule has 1 aromatic rings. The number of amides is 1. The van der Waals surface area contributed by atoms with Gasteiger partial charge in [0.1, 0.15) is 5.82 Å². The molecule has 6 heteroatoms. The minimum atomic E-state index is -0.281. The monoisotopic (exact) mass is 350 g/mol. The third-order valence-electron chi connectivity index (χ3n) is 3.82. The maximum atomic E-state index is 13.4. The lowest BCUT2D eigenvalue weighted by Gasteiger charge is -2.24. The molecule has 0 aromatic heterocycles. The Hall–Kier alpha value is -2.11. The number of guanidine groups is 1. The summed E-state index contributed by atoms with van der Waals surface area (Å²) in [5, 5.41) is 9.24. The summed E-state index contributed by atoms with van der Waals surface area (Å²) in [6, 6.07) is 6.63. The number of hydrogen-bond acceptors (Lipinski definition) is 2. The van der Waals surface area contributed by atoms with E-state index >= 15 is 0 Å². The molecule has 140 valence electrons. The second-order valence-electron chi connectivity index (χ2n) is 6.96. The van der Waals surface area contributed by atoms with Crippen molar-refractivity contribution in [2.24, 2.45) is 10.9 Å². The Morgan fingerprint density at radius 1 is 1.20 bits per heavy atom. The van der Waals surface area contributed by atoms with Gasteiger partial charge in [0.2, 0.25) is 5.91 Å². The van der Waals surface area contributed by atoms with E-state index in [2.05, 4.69) is 20.9 Å². The van der Waals surface area contributed by atoms with Crippen LogP contribution in [0.1, 0.15) is 40.2 Å². The minimum absolute atomic E-state index is 0.0195. The lowest BCUT2D eigenvalue weighted by molar-refractivity contribution is -0.123. The number of rotatable bonds is 8. The Morgan fingerprint density at radius 2 is 1.88 bits per heavy atom. The number of aliphatic imine (C=N–C) groups is 1. The number of hydrogen-bond donors (Lipinski definition) is 3. The molecule has 0 saturated heterocycles. The van der Waals surface area contributed by atoms with Crippen LogP contribution in [0.5, 0.6) is 0 Å². The van der Waals surface area contributed by atoms with Gasteiger partial charge < -0.3 is 16.0 Å². The van der Waals surface area contributed by atoms with Gasteiger partial charge in [-0.2, -0.15) is 0 Å². The molecule has 1 amide bonds. The summed E-state index contributed by atoms with van der Waals surface area (Å²) in [5.41, 5.74) is 0.632. The fraction of sp³-hybridized carbons (Fsp3) is 0.579. The van der Waals surface area contributed by atoms with Crippen LogP contribution >= 0.6 is 0 Å². The van der Waals surface area contributed by atoms with E-state index in [1.54, 1.807) is 12.1 Å². The number of nitrogens with one attached hydrogen (secondary N) is 3. The standard InChI is InChI=1S/C19H31FN4O/c1-6-21-18(23-11-10-22-17(25)14(2)3)24-13-19(4,5)15-8-7-9-16(20)12-15/h7-9,12,14H,6,10-11,13H2,1-5H3,(H,22,25)(H2,21,23,24). The van der Waals surface area contributed by atoms with Crippen LogP contribution in [0, 0.1) is 11.7 Å². The van der Waals surface area contributed by atoms with Crippen molar-refractivity contribution in [2.45, 2.75) is 40.0 Å². The number of nitrogens with zero attached hydrogens (tertiary/aromatic N) is 1. The van der Waals surface area contributed by atoms with Crippen molar-refractivity contribution in [3.8, 4) is 0 Å². The number of carbonyl (C=O) groups is 1. The Balaban J connectivity index is 2.60. The molecular weight excluding hydrogens is 319 g/mol. The second kappa shape index (κ2) is 10.0. The quantitative estimate of drug-likeness (QED) is 0.383. The molecule has 0 fully saturated rings. The van der Waals surface area contributed by atoms with E-state index < -0.39 is 0 Å². The van der Waals surface area contributed by atoms with Gasteiger partial charge in [-0.3, -0.25) is 9.79 Å². The molecule has 25 heavy (non-hydrogen) atoms. The topological polar surface area (TPSA) is 65.5 Å². The molecule has 3 N–H and O–H groups in total. The smallest absolute Gasteiger partial charge is 0.222 e. The van der Waals surface area contributed by atoms with Gasteiger partial charge in [0.05, 0.1) is 6.54 Å². The normalized spacial score (nSPS) is 12.2. The van der Waals surface area contributed by atoms with Crippen molar-refractivity contribution < 1.29 is 9.18 Å². The van der Waals surface area contributed by atoms with Gasteiger partial charge in [-0.1, -0.05) is 39.8 Å². The van der Waals surface area contributed by atoms with E-state index in [4.69, 9.17) is 0 Å². The zero-order valence-corrected chi connectivity index (χ0v) is 15.9. The largest absolute Gasteiger partial charge is 0.357 e. The number of benzene rings is 1. The molecule has 0 radical (unpaired) electrons. The van der Waals surface area contributed by atoms with Crippen LogP contribution in [-0.2, 0) is 10.2 Å². The highest BCUT2D eigenvalue weighted by atomic mass is 19.1. The van der Waals surface area contributed by atoms with Crippen LogP contribution in [-0.4, -0.2) is 38.0 Å². The highest BCUT2D eigenvalue weighted by molar-refractivity contribution is 5.80. The summed E-state index contributed by atoms with van der Waals surface area (Å²) >= 11 is 0. The average molecular weight is 350 g/mol. The molecule has 0 bridgehead atoms. The number of carbonyl (C=O) groups excluding carboxylic acids is 1. The zero-order valence-electron chi connectivity index (χ0n) is 15.9. The summed E-state index contributed by atoms with van der Waals surface area (Å²) in [4.78, 5) is 16.1. The van der Waals surface area contributed by atoms with Gasteiger partial charge in [-0.15, -0.1) is 0 Å². The maximum absolute atomic E-state index is 13.4. The van der Waals surface area contributed by atoms with E-state index in [9.17, 15) is 9.18 Å². The van der Waals surface area contributed by atoms with Gasteiger partial charge in [0.25, 0.3) is 0 Å². The van der Waals surface area contributed by atoms with Crippen LogP contribution in [0.4, 0.5) is 4.39 Å². The molecular formula is C19H31FN4O. The minimum Gasteiger partial charge on any atom is -0.357 e. The maximum Gasteiger partial charge on any atom is 0.222 e. The molecule has 0 heterocycles. The fourth-order valence-corrected chi connectivity index (χ4v) is 2.19. The average Bonchev–Trinajstić information content (AvgIpc) is 2.56. The van der Waals surface area contributed by atoms with Crippen molar-refractivity contribution in [3.63, 3.8) is 0 Å². The Bertz CT molecular complexity index is 585. The molecule has 1 rings (SSSR count). The molecule has 0 aliphatic carbocycles. The molecule has 0 spiro atoms. The van der Waals surface area contributed by atoms with Gasteiger partial charge in [0, 0.05) is 31.0 Å². The second-order valence-corrected chi connectivity index (χ2v) is 6.96.